The Kier molecular flexibility index (Phi) is 12.6. The number of rotatable bonds is 16. The molecule has 0 aliphatic carbocycles. The van der Waals surface area contributed by atoms with Crippen LogP contribution in [0.3, 0.4) is 0 Å². The molecule has 0 aliphatic heterocycles. The summed E-state index contributed by atoms with van der Waals surface area (Å²) in [7, 11) is 0. The molecule has 0 heterocycles. The van der Waals surface area contributed by atoms with E-state index in [4.69, 9.17) is 0 Å². The normalized spacial score (nSPS) is 12.8. The predicted octanol–water partition coefficient (Wildman–Crippen LogP) is 6.45. The molecule has 5 heteroatoms. The third kappa shape index (κ3) is 9.42. The van der Waals surface area contributed by atoms with E-state index in [-0.39, 0.29) is 17.6 Å². The Morgan fingerprint density at radius 2 is 1.45 bits per heavy atom. The van der Waals surface area contributed by atoms with Crippen LogP contribution < -0.4 is 10.6 Å². The minimum atomic E-state index is -0.803. The van der Waals surface area contributed by atoms with Gasteiger partial charge in [-0.05, 0) is 73.1 Å². The number of aliphatic hydroxyl groups excluding tert-OH is 1. The molecule has 0 aliphatic rings. The summed E-state index contributed by atoms with van der Waals surface area (Å²) in [4.78, 5) is 26.8. The van der Waals surface area contributed by atoms with E-state index in [0.29, 0.717) is 30.6 Å². The monoisotopic (exact) mass is 542 g/mol. The zero-order valence-electron chi connectivity index (χ0n) is 24.6. The maximum Gasteiger partial charge on any atom is 0.251 e. The van der Waals surface area contributed by atoms with Gasteiger partial charge < -0.3 is 15.7 Å². The van der Waals surface area contributed by atoms with Crippen molar-refractivity contribution in [1.82, 2.24) is 10.6 Å². The zero-order valence-corrected chi connectivity index (χ0v) is 24.6. The molecule has 5 nitrogen and oxygen atoms in total. The number of amides is 1. The molecule has 3 N–H and O–H groups in total. The van der Waals surface area contributed by atoms with Crippen LogP contribution in [0.4, 0.5) is 0 Å². The van der Waals surface area contributed by atoms with E-state index in [2.05, 4.69) is 55.7 Å². The molecule has 3 aromatic rings. The topological polar surface area (TPSA) is 78.4 Å². The van der Waals surface area contributed by atoms with Crippen molar-refractivity contribution in [1.29, 1.82) is 0 Å². The fraction of sp³-hybridized carbons (Fsp3) is 0.429. The van der Waals surface area contributed by atoms with Crippen LogP contribution in [-0.2, 0) is 19.4 Å². The SMILES string of the molecule is CCCC(CCC)C(=O)c1cc(C)cc(C(=O)NC(Cc2ccccc2)C(O)CNCc2cccc(CC)c2)c1. The smallest absolute Gasteiger partial charge is 0.251 e. The van der Waals surface area contributed by atoms with Crippen LogP contribution in [0.15, 0.2) is 72.8 Å². The molecular formula is C35H46N2O3. The Balaban J connectivity index is 1.75. The second kappa shape index (κ2) is 16.1. The first-order valence-corrected chi connectivity index (χ1v) is 14.8. The maximum absolute atomic E-state index is 13.5. The van der Waals surface area contributed by atoms with Crippen molar-refractivity contribution in [2.75, 3.05) is 6.54 Å². The van der Waals surface area contributed by atoms with Crippen LogP contribution in [0.2, 0.25) is 0 Å². The Morgan fingerprint density at radius 3 is 2.12 bits per heavy atom. The molecule has 214 valence electrons. The average molecular weight is 543 g/mol. The van der Waals surface area contributed by atoms with Gasteiger partial charge in [0.25, 0.3) is 5.91 Å². The molecule has 0 radical (unpaired) electrons. The highest BCUT2D eigenvalue weighted by atomic mass is 16.3. The van der Waals surface area contributed by atoms with E-state index in [1.54, 1.807) is 6.07 Å². The van der Waals surface area contributed by atoms with E-state index in [0.717, 1.165) is 48.8 Å². The number of ketones is 1. The Hall–Kier alpha value is -3.28. The highest BCUT2D eigenvalue weighted by Gasteiger charge is 2.24. The summed E-state index contributed by atoms with van der Waals surface area (Å²) in [5, 5.41) is 17.6. The molecule has 0 aromatic heterocycles. The van der Waals surface area contributed by atoms with Gasteiger partial charge in [0, 0.05) is 30.1 Å². The van der Waals surface area contributed by atoms with Gasteiger partial charge in [-0.25, -0.2) is 0 Å². The van der Waals surface area contributed by atoms with Gasteiger partial charge in [-0.15, -0.1) is 0 Å². The summed E-state index contributed by atoms with van der Waals surface area (Å²) >= 11 is 0. The second-order valence-electron chi connectivity index (χ2n) is 10.9. The van der Waals surface area contributed by atoms with Crippen molar-refractivity contribution in [3.8, 4) is 0 Å². The van der Waals surface area contributed by atoms with Crippen LogP contribution in [0.5, 0.6) is 0 Å². The summed E-state index contributed by atoms with van der Waals surface area (Å²) in [5.41, 5.74) is 5.39. The van der Waals surface area contributed by atoms with Gasteiger partial charge in [-0.2, -0.15) is 0 Å². The van der Waals surface area contributed by atoms with Crippen molar-refractivity contribution < 1.29 is 14.7 Å². The van der Waals surface area contributed by atoms with Gasteiger partial charge in [-0.3, -0.25) is 9.59 Å². The highest BCUT2D eigenvalue weighted by molar-refractivity contribution is 6.02. The molecule has 2 atom stereocenters. The van der Waals surface area contributed by atoms with Crippen molar-refractivity contribution in [2.45, 2.75) is 84.9 Å². The fourth-order valence-electron chi connectivity index (χ4n) is 5.26. The molecule has 3 rings (SSSR count). The minimum Gasteiger partial charge on any atom is -0.390 e. The van der Waals surface area contributed by atoms with Gasteiger partial charge in [0.05, 0.1) is 12.1 Å². The third-order valence-corrected chi connectivity index (χ3v) is 7.43. The van der Waals surface area contributed by atoms with Crippen LogP contribution in [0, 0.1) is 12.8 Å². The van der Waals surface area contributed by atoms with Gasteiger partial charge >= 0.3 is 0 Å². The average Bonchev–Trinajstić information content (AvgIpc) is 2.96. The number of hydrogen-bond acceptors (Lipinski definition) is 4. The lowest BCUT2D eigenvalue weighted by molar-refractivity contribution is 0.0830. The van der Waals surface area contributed by atoms with Crippen LogP contribution >= 0.6 is 0 Å². The summed E-state index contributed by atoms with van der Waals surface area (Å²) < 4.78 is 0. The lowest BCUT2D eigenvalue weighted by Crippen LogP contribution is -2.48. The quantitative estimate of drug-likeness (QED) is 0.182. The van der Waals surface area contributed by atoms with E-state index < -0.39 is 12.1 Å². The first-order valence-electron chi connectivity index (χ1n) is 14.8. The molecule has 3 aromatic carbocycles. The van der Waals surface area contributed by atoms with E-state index in [9.17, 15) is 14.7 Å². The molecule has 0 spiro atoms. The molecular weight excluding hydrogens is 496 g/mol. The van der Waals surface area contributed by atoms with Gasteiger partial charge in [0.1, 0.15) is 0 Å². The summed E-state index contributed by atoms with van der Waals surface area (Å²) in [6, 6.07) is 23.2. The van der Waals surface area contributed by atoms with Crippen molar-refractivity contribution in [3.63, 3.8) is 0 Å². The molecule has 40 heavy (non-hydrogen) atoms. The molecule has 2 unspecified atom stereocenters. The Morgan fingerprint density at radius 1 is 0.800 bits per heavy atom. The van der Waals surface area contributed by atoms with E-state index >= 15 is 0 Å². The van der Waals surface area contributed by atoms with Gasteiger partial charge in [0.2, 0.25) is 0 Å². The second-order valence-corrected chi connectivity index (χ2v) is 10.9. The van der Waals surface area contributed by atoms with Gasteiger partial charge in [0.15, 0.2) is 5.78 Å². The van der Waals surface area contributed by atoms with Crippen molar-refractivity contribution >= 4 is 11.7 Å². The standard InChI is InChI=1S/C35H46N2O3/c1-5-12-29(13-6-2)34(39)30-18-25(4)19-31(22-30)35(40)37-32(21-27-14-9-8-10-15-27)33(38)24-36-23-28-17-11-16-26(7-3)20-28/h8-11,14-20,22,29,32-33,36,38H,5-7,12-13,21,23-24H2,1-4H3,(H,37,40). The maximum atomic E-state index is 13.5. The minimum absolute atomic E-state index is 0.0237. The number of aryl methyl sites for hydroxylation is 2. The number of carbonyl (C=O) groups excluding carboxylic acids is 2. The first-order chi connectivity index (χ1) is 19.3. The number of nitrogens with one attached hydrogen (secondary N) is 2. The number of benzene rings is 3. The molecule has 0 bridgehead atoms. The highest BCUT2D eigenvalue weighted by Crippen LogP contribution is 2.22. The summed E-state index contributed by atoms with van der Waals surface area (Å²) in [5.74, 6) is -0.195. The third-order valence-electron chi connectivity index (χ3n) is 7.43. The Bertz CT molecular complexity index is 1220. The van der Waals surface area contributed by atoms with Crippen molar-refractivity contribution in [3.05, 3.63) is 106 Å². The van der Waals surface area contributed by atoms with Crippen molar-refractivity contribution in [2.24, 2.45) is 5.92 Å². The predicted molar refractivity (Wildman–Crippen MR) is 164 cm³/mol. The molecule has 0 fully saturated rings. The number of Topliss-reactive ketones (excluding diaryl/α,β-unsaturated/α-hetero) is 1. The summed E-state index contributed by atoms with van der Waals surface area (Å²) in [6.07, 6.45) is 4.27. The molecule has 1 amide bonds. The van der Waals surface area contributed by atoms with Gasteiger partial charge in [-0.1, -0.05) is 88.2 Å². The van der Waals surface area contributed by atoms with Crippen LogP contribution in [0.1, 0.15) is 89.4 Å². The molecule has 0 saturated heterocycles. The molecule has 0 saturated carbocycles. The Labute approximate surface area is 240 Å². The number of aliphatic hydroxyl groups is 1. The van der Waals surface area contributed by atoms with Crippen LogP contribution in [-0.4, -0.2) is 35.5 Å². The largest absolute Gasteiger partial charge is 0.390 e. The first kappa shape index (κ1) is 31.3. The lowest BCUT2D eigenvalue weighted by atomic mass is 9.88. The number of carbonyl (C=O) groups is 2. The number of hydrogen-bond donors (Lipinski definition) is 3. The van der Waals surface area contributed by atoms with E-state index in [1.807, 2.05) is 49.4 Å². The summed E-state index contributed by atoms with van der Waals surface area (Å²) in [6.45, 7) is 9.21. The lowest BCUT2D eigenvalue weighted by Gasteiger charge is -2.25. The fourth-order valence-corrected chi connectivity index (χ4v) is 5.26. The van der Waals surface area contributed by atoms with E-state index in [1.165, 1.54) is 5.56 Å². The zero-order chi connectivity index (χ0) is 28.9. The van der Waals surface area contributed by atoms with Crippen LogP contribution in [0.25, 0.3) is 0 Å².